The lowest BCUT2D eigenvalue weighted by Gasteiger charge is -2.30. The first-order valence-corrected chi connectivity index (χ1v) is 9.10. The summed E-state index contributed by atoms with van der Waals surface area (Å²) in [5, 5.41) is 9.48. The molecule has 0 fully saturated rings. The number of amides is 2. The van der Waals surface area contributed by atoms with Gasteiger partial charge in [-0.15, -0.1) is 0 Å². The Morgan fingerprint density at radius 2 is 1.96 bits per heavy atom. The third-order valence-corrected chi connectivity index (χ3v) is 4.27. The number of aryl methyl sites for hydroxylation is 1. The highest BCUT2D eigenvalue weighted by molar-refractivity contribution is 5.86. The zero-order valence-corrected chi connectivity index (χ0v) is 17.3. The molecule has 1 N–H and O–H groups in total. The second-order valence-corrected chi connectivity index (χ2v) is 7.69. The number of carbonyl (C=O) groups is 2. The van der Waals surface area contributed by atoms with Crippen LogP contribution in [0.2, 0.25) is 0 Å². The summed E-state index contributed by atoms with van der Waals surface area (Å²) in [4.78, 5) is 31.2. The number of anilines is 1. The molecule has 1 aromatic heterocycles. The van der Waals surface area contributed by atoms with Crippen LogP contribution in [-0.2, 0) is 27.2 Å². The number of hydrogen-bond acceptors (Lipinski definition) is 6. The van der Waals surface area contributed by atoms with Gasteiger partial charge >= 0.3 is 12.2 Å². The molecule has 0 radical (unpaired) electrons. The fraction of sp³-hybridized carbons (Fsp3) is 0.632. The summed E-state index contributed by atoms with van der Waals surface area (Å²) in [6.07, 6.45) is -0.885. The van der Waals surface area contributed by atoms with Gasteiger partial charge in [-0.25, -0.2) is 14.6 Å². The molecule has 0 saturated heterocycles. The van der Waals surface area contributed by atoms with E-state index < -0.39 is 24.1 Å². The van der Waals surface area contributed by atoms with Crippen LogP contribution < -0.4 is 4.90 Å². The minimum absolute atomic E-state index is 0.223. The number of methoxy groups -OCH3 is 2. The Hall–Kier alpha value is -2.39. The molecule has 2 rings (SSSR count). The van der Waals surface area contributed by atoms with Crippen LogP contribution in [0.25, 0.3) is 0 Å². The number of hydrogen-bond donors (Lipinski definition) is 1. The average Bonchev–Trinajstić information content (AvgIpc) is 2.60. The molecule has 1 aliphatic heterocycles. The molecule has 0 atom stereocenters. The van der Waals surface area contributed by atoms with Crippen molar-refractivity contribution in [1.82, 2.24) is 9.88 Å². The summed E-state index contributed by atoms with van der Waals surface area (Å²) < 4.78 is 16.1. The zero-order valence-electron chi connectivity index (χ0n) is 17.3. The van der Waals surface area contributed by atoms with E-state index in [0.717, 1.165) is 5.56 Å². The van der Waals surface area contributed by atoms with Crippen LogP contribution >= 0.6 is 0 Å². The van der Waals surface area contributed by atoms with E-state index in [4.69, 9.17) is 14.2 Å². The third-order valence-electron chi connectivity index (χ3n) is 4.27. The van der Waals surface area contributed by atoms with E-state index in [1.807, 2.05) is 6.07 Å². The van der Waals surface area contributed by atoms with Gasteiger partial charge in [-0.2, -0.15) is 0 Å². The number of pyridine rings is 1. The zero-order chi connectivity index (χ0) is 21.1. The van der Waals surface area contributed by atoms with Gasteiger partial charge in [0.15, 0.2) is 0 Å². The molecular weight excluding hydrogens is 366 g/mol. The van der Waals surface area contributed by atoms with Crippen molar-refractivity contribution >= 4 is 18.0 Å². The van der Waals surface area contributed by atoms with Gasteiger partial charge in [-0.05, 0) is 50.8 Å². The SMILES string of the molecule is COC(OC)c1nc2c(cc1CN(C)C(=O)OC(C)(C)C)CCCN2C(=O)O. The van der Waals surface area contributed by atoms with Gasteiger partial charge < -0.3 is 24.2 Å². The van der Waals surface area contributed by atoms with E-state index in [-0.39, 0.29) is 6.54 Å². The van der Waals surface area contributed by atoms with Gasteiger partial charge in [0.05, 0.1) is 6.54 Å². The molecule has 0 aliphatic carbocycles. The maximum Gasteiger partial charge on any atom is 0.413 e. The number of carboxylic acid groups (broad SMARTS) is 1. The van der Waals surface area contributed by atoms with Crippen LogP contribution in [0.1, 0.15) is 50.3 Å². The summed E-state index contributed by atoms with van der Waals surface area (Å²) in [6.45, 7) is 6.02. The Morgan fingerprint density at radius 1 is 1.32 bits per heavy atom. The van der Waals surface area contributed by atoms with Crippen LogP contribution in [0.4, 0.5) is 15.4 Å². The number of fused-ring (bicyclic) bond motifs is 1. The highest BCUT2D eigenvalue weighted by Crippen LogP contribution is 2.31. The Morgan fingerprint density at radius 3 is 2.50 bits per heavy atom. The molecule has 9 nitrogen and oxygen atoms in total. The predicted octanol–water partition coefficient (Wildman–Crippen LogP) is 3.17. The first-order valence-electron chi connectivity index (χ1n) is 9.10. The molecule has 0 spiro atoms. The Bertz CT molecular complexity index is 727. The lowest BCUT2D eigenvalue weighted by molar-refractivity contribution is -0.109. The van der Waals surface area contributed by atoms with Crippen molar-refractivity contribution in [2.45, 2.75) is 52.0 Å². The number of carbonyl (C=O) groups excluding carboxylic acids is 1. The van der Waals surface area contributed by atoms with Crippen LogP contribution in [0.5, 0.6) is 0 Å². The molecule has 0 aromatic carbocycles. The summed E-state index contributed by atoms with van der Waals surface area (Å²) in [7, 11) is 4.59. The van der Waals surface area contributed by atoms with Gasteiger partial charge in [0.1, 0.15) is 17.1 Å². The molecule has 9 heteroatoms. The smallest absolute Gasteiger partial charge is 0.413 e. The number of aromatic nitrogens is 1. The highest BCUT2D eigenvalue weighted by Gasteiger charge is 2.29. The van der Waals surface area contributed by atoms with Crippen molar-refractivity contribution < 1.29 is 28.9 Å². The van der Waals surface area contributed by atoms with E-state index >= 15 is 0 Å². The van der Waals surface area contributed by atoms with Crippen LogP contribution in [0, 0.1) is 0 Å². The normalized spacial score (nSPS) is 14.0. The van der Waals surface area contributed by atoms with Gasteiger partial charge in [-0.3, -0.25) is 4.90 Å². The van der Waals surface area contributed by atoms with Crippen molar-refractivity contribution in [2.75, 3.05) is 32.7 Å². The molecule has 2 heterocycles. The fourth-order valence-electron chi connectivity index (χ4n) is 3.05. The predicted molar refractivity (Wildman–Crippen MR) is 102 cm³/mol. The maximum absolute atomic E-state index is 12.3. The molecule has 156 valence electrons. The Balaban J connectivity index is 2.42. The van der Waals surface area contributed by atoms with Crippen molar-refractivity contribution in [3.63, 3.8) is 0 Å². The minimum Gasteiger partial charge on any atom is -0.465 e. The van der Waals surface area contributed by atoms with Crippen LogP contribution in [0.3, 0.4) is 0 Å². The topological polar surface area (TPSA) is 101 Å². The molecule has 1 aromatic rings. The highest BCUT2D eigenvalue weighted by atomic mass is 16.7. The number of nitrogens with zero attached hydrogens (tertiary/aromatic N) is 3. The maximum atomic E-state index is 12.3. The first-order chi connectivity index (χ1) is 13.1. The van der Waals surface area contributed by atoms with Crippen molar-refractivity contribution in [3.05, 3.63) is 22.9 Å². The standard InChI is InChI=1S/C19H29N3O6/c1-19(2,3)28-18(25)21(4)11-13-10-12-8-7-9-22(17(23)24)15(12)20-14(13)16(26-5)27-6/h10,16H,7-9,11H2,1-6H3,(H,23,24). The van der Waals surface area contributed by atoms with Gasteiger partial charge in [-0.1, -0.05) is 0 Å². The molecule has 0 bridgehead atoms. The largest absolute Gasteiger partial charge is 0.465 e. The molecule has 28 heavy (non-hydrogen) atoms. The molecule has 2 amide bonds. The van der Waals surface area contributed by atoms with E-state index in [0.29, 0.717) is 36.5 Å². The quantitative estimate of drug-likeness (QED) is 0.764. The van der Waals surface area contributed by atoms with E-state index in [1.54, 1.807) is 27.8 Å². The van der Waals surface area contributed by atoms with Crippen LogP contribution in [-0.4, -0.2) is 60.6 Å². The summed E-state index contributed by atoms with van der Waals surface area (Å²) in [6, 6.07) is 1.87. The van der Waals surface area contributed by atoms with E-state index in [2.05, 4.69) is 4.98 Å². The van der Waals surface area contributed by atoms with Gasteiger partial charge in [0, 0.05) is 27.8 Å². The van der Waals surface area contributed by atoms with Crippen molar-refractivity contribution in [3.8, 4) is 0 Å². The summed E-state index contributed by atoms with van der Waals surface area (Å²) in [5.41, 5.74) is 1.36. The first kappa shape index (κ1) is 21.9. The summed E-state index contributed by atoms with van der Waals surface area (Å²) >= 11 is 0. The molecule has 0 unspecified atom stereocenters. The molecule has 1 aliphatic rings. The monoisotopic (exact) mass is 395 g/mol. The molecule has 0 saturated carbocycles. The van der Waals surface area contributed by atoms with Gasteiger partial charge in [0.25, 0.3) is 0 Å². The number of ether oxygens (including phenoxy) is 3. The van der Waals surface area contributed by atoms with Crippen LogP contribution in [0.15, 0.2) is 6.07 Å². The number of rotatable bonds is 5. The lowest BCUT2D eigenvalue weighted by Crippen LogP contribution is -2.36. The summed E-state index contributed by atoms with van der Waals surface area (Å²) in [5.74, 6) is 0.386. The fourth-order valence-corrected chi connectivity index (χ4v) is 3.05. The van der Waals surface area contributed by atoms with Crippen molar-refractivity contribution in [2.24, 2.45) is 0 Å². The minimum atomic E-state index is -1.05. The van der Waals surface area contributed by atoms with E-state index in [1.165, 1.54) is 24.0 Å². The van der Waals surface area contributed by atoms with E-state index in [9.17, 15) is 14.7 Å². The third kappa shape index (κ3) is 5.11. The van der Waals surface area contributed by atoms with Crippen molar-refractivity contribution in [1.29, 1.82) is 0 Å². The second-order valence-electron chi connectivity index (χ2n) is 7.69. The Labute approximate surface area is 165 Å². The Kier molecular flexibility index (Phi) is 6.84. The van der Waals surface area contributed by atoms with Gasteiger partial charge in [0.2, 0.25) is 6.29 Å². The average molecular weight is 395 g/mol. The second kappa shape index (κ2) is 8.74. The lowest BCUT2D eigenvalue weighted by atomic mass is 10.0. The molecular formula is C19H29N3O6.